The van der Waals surface area contributed by atoms with Crippen LogP contribution in [0.15, 0.2) is 18.3 Å². The number of likely N-dealkylation sites (N-methyl/N-ethyl adjacent to an activating group) is 1. The molecule has 2 unspecified atom stereocenters. The number of hydrogen-bond donors (Lipinski definition) is 2. The molecule has 0 aromatic carbocycles. The SMILES string of the molecule is CCN1CCOC(C(O)Cc2ccnc(N)c2)C1. The van der Waals surface area contributed by atoms with Crippen LogP contribution in [0.25, 0.3) is 0 Å². The lowest BCUT2D eigenvalue weighted by atomic mass is 10.0. The minimum absolute atomic E-state index is 0.118. The molecular formula is C13H21N3O2. The molecule has 5 heteroatoms. The van der Waals surface area contributed by atoms with Crippen LogP contribution in [0.4, 0.5) is 5.82 Å². The first-order chi connectivity index (χ1) is 8.69. The zero-order valence-electron chi connectivity index (χ0n) is 10.7. The van der Waals surface area contributed by atoms with Crippen LogP contribution in [0.2, 0.25) is 0 Å². The zero-order valence-corrected chi connectivity index (χ0v) is 10.7. The fourth-order valence-corrected chi connectivity index (χ4v) is 2.25. The van der Waals surface area contributed by atoms with E-state index < -0.39 is 6.10 Å². The summed E-state index contributed by atoms with van der Waals surface area (Å²) < 4.78 is 5.64. The van der Waals surface area contributed by atoms with Gasteiger partial charge in [-0.3, -0.25) is 4.90 Å². The molecule has 2 rings (SSSR count). The van der Waals surface area contributed by atoms with E-state index >= 15 is 0 Å². The molecule has 100 valence electrons. The van der Waals surface area contributed by atoms with Gasteiger partial charge in [0, 0.05) is 25.7 Å². The molecule has 5 nitrogen and oxygen atoms in total. The first kappa shape index (κ1) is 13.3. The van der Waals surface area contributed by atoms with Gasteiger partial charge in [0.15, 0.2) is 0 Å². The molecule has 0 saturated carbocycles. The van der Waals surface area contributed by atoms with Crippen molar-refractivity contribution in [2.24, 2.45) is 0 Å². The molecule has 1 saturated heterocycles. The highest BCUT2D eigenvalue weighted by Gasteiger charge is 2.26. The van der Waals surface area contributed by atoms with Crippen molar-refractivity contribution >= 4 is 5.82 Å². The predicted molar refractivity (Wildman–Crippen MR) is 70.2 cm³/mol. The Labute approximate surface area is 108 Å². The fraction of sp³-hybridized carbons (Fsp3) is 0.615. The van der Waals surface area contributed by atoms with Crippen molar-refractivity contribution in [2.75, 3.05) is 32.0 Å². The van der Waals surface area contributed by atoms with Gasteiger partial charge in [0.2, 0.25) is 0 Å². The van der Waals surface area contributed by atoms with Crippen molar-refractivity contribution in [3.63, 3.8) is 0 Å². The van der Waals surface area contributed by atoms with Gasteiger partial charge in [-0.15, -0.1) is 0 Å². The maximum Gasteiger partial charge on any atom is 0.123 e. The Hall–Kier alpha value is -1.17. The normalized spacial score (nSPS) is 22.9. The number of nitrogen functional groups attached to an aromatic ring is 1. The molecule has 2 heterocycles. The Kier molecular flexibility index (Phi) is 4.52. The summed E-state index contributed by atoms with van der Waals surface area (Å²) in [5.41, 5.74) is 6.62. The number of aromatic nitrogens is 1. The lowest BCUT2D eigenvalue weighted by Crippen LogP contribution is -2.48. The first-order valence-electron chi connectivity index (χ1n) is 6.41. The third-order valence-corrected chi connectivity index (χ3v) is 3.34. The number of nitrogens with zero attached hydrogens (tertiary/aromatic N) is 2. The summed E-state index contributed by atoms with van der Waals surface area (Å²) in [6.07, 6.45) is 1.60. The number of nitrogens with two attached hydrogens (primary N) is 1. The number of rotatable bonds is 4. The molecule has 3 N–H and O–H groups in total. The topological polar surface area (TPSA) is 71.6 Å². The van der Waals surface area contributed by atoms with Crippen molar-refractivity contribution in [1.82, 2.24) is 9.88 Å². The molecule has 18 heavy (non-hydrogen) atoms. The highest BCUT2D eigenvalue weighted by atomic mass is 16.5. The van der Waals surface area contributed by atoms with Crippen LogP contribution < -0.4 is 5.73 Å². The van der Waals surface area contributed by atoms with Crippen LogP contribution in [0.5, 0.6) is 0 Å². The zero-order chi connectivity index (χ0) is 13.0. The molecule has 0 spiro atoms. The van der Waals surface area contributed by atoms with Crippen molar-refractivity contribution < 1.29 is 9.84 Å². The van der Waals surface area contributed by atoms with Gasteiger partial charge >= 0.3 is 0 Å². The number of aliphatic hydroxyl groups excluding tert-OH is 1. The third-order valence-electron chi connectivity index (χ3n) is 3.34. The second-order valence-corrected chi connectivity index (χ2v) is 4.66. The van der Waals surface area contributed by atoms with Crippen LogP contribution in [-0.4, -0.2) is 53.4 Å². The lowest BCUT2D eigenvalue weighted by molar-refractivity contribution is -0.0867. The van der Waals surface area contributed by atoms with Gasteiger partial charge in [0.25, 0.3) is 0 Å². The van der Waals surface area contributed by atoms with Gasteiger partial charge in [0.1, 0.15) is 5.82 Å². The maximum atomic E-state index is 10.2. The third kappa shape index (κ3) is 3.41. The molecule has 0 amide bonds. The van der Waals surface area contributed by atoms with E-state index in [2.05, 4.69) is 16.8 Å². The quantitative estimate of drug-likeness (QED) is 0.804. The molecule has 0 aliphatic carbocycles. The summed E-state index contributed by atoms with van der Waals surface area (Å²) in [6.45, 7) is 5.54. The van der Waals surface area contributed by atoms with Crippen LogP contribution in [-0.2, 0) is 11.2 Å². The molecule has 1 aliphatic heterocycles. The van der Waals surface area contributed by atoms with Crippen LogP contribution >= 0.6 is 0 Å². The van der Waals surface area contributed by atoms with Gasteiger partial charge in [-0.05, 0) is 24.2 Å². The monoisotopic (exact) mass is 251 g/mol. The summed E-state index contributed by atoms with van der Waals surface area (Å²) in [5, 5.41) is 10.2. The van der Waals surface area contributed by atoms with Gasteiger partial charge in [-0.1, -0.05) is 6.92 Å². The molecule has 1 fully saturated rings. The van der Waals surface area contributed by atoms with E-state index in [9.17, 15) is 5.11 Å². The molecular weight excluding hydrogens is 230 g/mol. The molecule has 2 atom stereocenters. The number of anilines is 1. The van der Waals surface area contributed by atoms with Gasteiger partial charge in [-0.25, -0.2) is 4.98 Å². The second kappa shape index (κ2) is 6.13. The average molecular weight is 251 g/mol. The summed E-state index contributed by atoms with van der Waals surface area (Å²) in [6, 6.07) is 3.67. The largest absolute Gasteiger partial charge is 0.390 e. The molecule has 1 aliphatic rings. The standard InChI is InChI=1S/C13H21N3O2/c1-2-16-5-6-18-12(9-16)11(17)7-10-3-4-15-13(14)8-10/h3-4,8,11-12,17H,2,5-7,9H2,1H3,(H2,14,15). The number of pyridine rings is 1. The second-order valence-electron chi connectivity index (χ2n) is 4.66. The van der Waals surface area contributed by atoms with Gasteiger partial charge < -0.3 is 15.6 Å². The highest BCUT2D eigenvalue weighted by molar-refractivity contribution is 5.32. The van der Waals surface area contributed by atoms with Crippen molar-refractivity contribution in [1.29, 1.82) is 0 Å². The van der Waals surface area contributed by atoms with Crippen molar-refractivity contribution in [3.8, 4) is 0 Å². The molecule has 0 radical (unpaired) electrons. The fourth-order valence-electron chi connectivity index (χ4n) is 2.25. The average Bonchev–Trinajstić information content (AvgIpc) is 2.39. The van der Waals surface area contributed by atoms with Crippen LogP contribution in [0.1, 0.15) is 12.5 Å². The van der Waals surface area contributed by atoms with E-state index in [-0.39, 0.29) is 6.10 Å². The summed E-state index contributed by atoms with van der Waals surface area (Å²) in [7, 11) is 0. The summed E-state index contributed by atoms with van der Waals surface area (Å²) in [5.74, 6) is 0.486. The van der Waals surface area contributed by atoms with Crippen LogP contribution in [0, 0.1) is 0 Å². The Bertz CT molecular complexity index is 386. The molecule has 0 bridgehead atoms. The molecule has 1 aromatic rings. The van der Waals surface area contributed by atoms with E-state index in [1.54, 1.807) is 12.3 Å². The van der Waals surface area contributed by atoms with Crippen LogP contribution in [0.3, 0.4) is 0 Å². The minimum Gasteiger partial charge on any atom is -0.390 e. The first-order valence-corrected chi connectivity index (χ1v) is 6.41. The van der Waals surface area contributed by atoms with Crippen molar-refractivity contribution in [2.45, 2.75) is 25.6 Å². The highest BCUT2D eigenvalue weighted by Crippen LogP contribution is 2.14. The Morgan fingerprint density at radius 1 is 1.67 bits per heavy atom. The Morgan fingerprint density at radius 3 is 3.22 bits per heavy atom. The van der Waals surface area contributed by atoms with E-state index in [1.807, 2.05) is 6.07 Å². The Morgan fingerprint density at radius 2 is 2.50 bits per heavy atom. The van der Waals surface area contributed by atoms with E-state index in [0.717, 1.165) is 25.2 Å². The maximum absolute atomic E-state index is 10.2. The number of morpholine rings is 1. The lowest BCUT2D eigenvalue weighted by Gasteiger charge is -2.34. The van der Waals surface area contributed by atoms with Crippen molar-refractivity contribution in [3.05, 3.63) is 23.9 Å². The predicted octanol–water partition coefficient (Wildman–Crippen LogP) is 0.288. The van der Waals surface area contributed by atoms with Gasteiger partial charge in [0.05, 0.1) is 18.8 Å². The number of aliphatic hydroxyl groups is 1. The Balaban J connectivity index is 1.93. The molecule has 1 aromatic heterocycles. The summed E-state index contributed by atoms with van der Waals surface area (Å²) in [4.78, 5) is 6.23. The van der Waals surface area contributed by atoms with E-state index in [4.69, 9.17) is 10.5 Å². The minimum atomic E-state index is -0.499. The van der Waals surface area contributed by atoms with Gasteiger partial charge in [-0.2, -0.15) is 0 Å². The smallest absolute Gasteiger partial charge is 0.123 e. The number of hydrogen-bond acceptors (Lipinski definition) is 5. The van der Waals surface area contributed by atoms with E-state index in [0.29, 0.717) is 18.8 Å². The number of ether oxygens (including phenoxy) is 1. The van der Waals surface area contributed by atoms with E-state index in [1.165, 1.54) is 0 Å². The summed E-state index contributed by atoms with van der Waals surface area (Å²) >= 11 is 0.